The van der Waals surface area contributed by atoms with Crippen molar-refractivity contribution in [1.29, 1.82) is 0 Å². The van der Waals surface area contributed by atoms with Crippen molar-refractivity contribution in [3.8, 4) is 0 Å². The van der Waals surface area contributed by atoms with E-state index >= 15 is 0 Å². The number of H-pyrrole nitrogens is 1. The number of aromatic nitrogens is 2. The number of fused-ring (bicyclic) bond motifs is 3. The molecule has 3 rings (SSSR count). The fraction of sp³-hybridized carbons (Fsp3) is 0.0769. The van der Waals surface area contributed by atoms with E-state index in [4.69, 9.17) is 0 Å². The Balaban J connectivity index is 2.66. The molecule has 0 unspecified atom stereocenters. The van der Waals surface area contributed by atoms with Gasteiger partial charge in [-0.05, 0) is 30.7 Å². The van der Waals surface area contributed by atoms with Crippen molar-refractivity contribution >= 4 is 21.8 Å². The minimum Gasteiger partial charge on any atom is -0.320 e. The minimum atomic E-state index is -0.0925. The Labute approximate surface area is 91.8 Å². The van der Waals surface area contributed by atoms with Crippen molar-refractivity contribution in [2.24, 2.45) is 0 Å². The van der Waals surface area contributed by atoms with E-state index in [2.05, 4.69) is 16.0 Å². The minimum absolute atomic E-state index is 0.0925. The largest absolute Gasteiger partial charge is 0.320 e. The molecule has 0 saturated heterocycles. The molecule has 0 radical (unpaired) electrons. The van der Waals surface area contributed by atoms with E-state index in [-0.39, 0.29) is 5.56 Å². The van der Waals surface area contributed by atoms with Gasteiger partial charge in [-0.15, -0.1) is 0 Å². The van der Waals surface area contributed by atoms with Crippen LogP contribution in [-0.2, 0) is 0 Å². The second-order valence-electron chi connectivity index (χ2n) is 3.88. The number of benzene rings is 1. The first-order valence-electron chi connectivity index (χ1n) is 5.13. The molecule has 3 nitrogen and oxygen atoms in total. The van der Waals surface area contributed by atoms with Gasteiger partial charge in [0, 0.05) is 23.0 Å². The summed E-state index contributed by atoms with van der Waals surface area (Å²) in [5.74, 6) is 0. The molecule has 0 saturated carbocycles. The Morgan fingerprint density at radius 3 is 3.00 bits per heavy atom. The maximum Gasteiger partial charge on any atom is 0.248 e. The summed E-state index contributed by atoms with van der Waals surface area (Å²) in [4.78, 5) is 18.5. The van der Waals surface area contributed by atoms with Crippen LogP contribution in [0.1, 0.15) is 5.56 Å². The van der Waals surface area contributed by atoms with Gasteiger partial charge in [0.25, 0.3) is 0 Å². The standard InChI is InChI=1S/C13H10N2O/c1-8-7-9-3-2-6-14-12(9)13-10(8)4-5-11(16)15-13/h2-7H,1H3,(H,15,16). The predicted octanol–water partition coefficient (Wildman–Crippen LogP) is 2.38. The van der Waals surface area contributed by atoms with Crippen LogP contribution in [0.5, 0.6) is 0 Å². The van der Waals surface area contributed by atoms with Crippen molar-refractivity contribution < 1.29 is 0 Å². The zero-order valence-electron chi connectivity index (χ0n) is 8.82. The van der Waals surface area contributed by atoms with E-state index in [0.717, 1.165) is 27.4 Å². The van der Waals surface area contributed by atoms with Gasteiger partial charge in [0.05, 0.1) is 11.0 Å². The smallest absolute Gasteiger partial charge is 0.248 e. The molecule has 2 heterocycles. The van der Waals surface area contributed by atoms with E-state index in [1.54, 1.807) is 12.3 Å². The Morgan fingerprint density at radius 2 is 2.12 bits per heavy atom. The summed E-state index contributed by atoms with van der Waals surface area (Å²) in [6, 6.07) is 9.37. The second-order valence-corrected chi connectivity index (χ2v) is 3.88. The molecule has 0 spiro atoms. The molecule has 16 heavy (non-hydrogen) atoms. The van der Waals surface area contributed by atoms with Crippen LogP contribution in [0.25, 0.3) is 21.8 Å². The highest BCUT2D eigenvalue weighted by Crippen LogP contribution is 2.23. The lowest BCUT2D eigenvalue weighted by atomic mass is 10.1. The van der Waals surface area contributed by atoms with Gasteiger partial charge in [-0.1, -0.05) is 6.07 Å². The number of pyridine rings is 2. The highest BCUT2D eigenvalue weighted by Gasteiger charge is 2.04. The summed E-state index contributed by atoms with van der Waals surface area (Å²) >= 11 is 0. The molecule has 0 fully saturated rings. The highest BCUT2D eigenvalue weighted by molar-refractivity contribution is 6.04. The van der Waals surface area contributed by atoms with Crippen LogP contribution >= 0.6 is 0 Å². The molecule has 0 atom stereocenters. The Kier molecular flexibility index (Phi) is 1.80. The molecule has 0 aliphatic heterocycles. The zero-order chi connectivity index (χ0) is 11.1. The number of hydrogen-bond acceptors (Lipinski definition) is 2. The third kappa shape index (κ3) is 1.21. The molecule has 0 amide bonds. The van der Waals surface area contributed by atoms with E-state index < -0.39 is 0 Å². The van der Waals surface area contributed by atoms with Gasteiger partial charge in [0.2, 0.25) is 5.56 Å². The number of rotatable bonds is 0. The molecule has 2 aromatic heterocycles. The molecular weight excluding hydrogens is 200 g/mol. The Hall–Kier alpha value is -2.16. The first kappa shape index (κ1) is 9.09. The third-order valence-electron chi connectivity index (χ3n) is 2.79. The van der Waals surface area contributed by atoms with Gasteiger partial charge in [0.1, 0.15) is 0 Å². The van der Waals surface area contributed by atoms with Crippen LogP contribution in [-0.4, -0.2) is 9.97 Å². The van der Waals surface area contributed by atoms with E-state index in [9.17, 15) is 4.79 Å². The fourth-order valence-corrected chi connectivity index (χ4v) is 2.04. The van der Waals surface area contributed by atoms with Crippen molar-refractivity contribution in [2.45, 2.75) is 6.92 Å². The monoisotopic (exact) mass is 210 g/mol. The fourth-order valence-electron chi connectivity index (χ4n) is 2.04. The van der Waals surface area contributed by atoms with Gasteiger partial charge in [-0.25, -0.2) is 0 Å². The Morgan fingerprint density at radius 1 is 1.25 bits per heavy atom. The van der Waals surface area contributed by atoms with Crippen LogP contribution in [0, 0.1) is 6.92 Å². The van der Waals surface area contributed by atoms with Crippen LogP contribution in [0.15, 0.2) is 41.3 Å². The van der Waals surface area contributed by atoms with Crippen LogP contribution in [0.4, 0.5) is 0 Å². The normalized spacial score (nSPS) is 11.1. The van der Waals surface area contributed by atoms with Gasteiger partial charge < -0.3 is 4.98 Å². The summed E-state index contributed by atoms with van der Waals surface area (Å²) in [7, 11) is 0. The summed E-state index contributed by atoms with van der Waals surface area (Å²) in [5.41, 5.74) is 2.72. The Bertz CT molecular complexity index is 744. The predicted molar refractivity (Wildman–Crippen MR) is 64.6 cm³/mol. The molecule has 1 N–H and O–H groups in total. The number of hydrogen-bond donors (Lipinski definition) is 1. The SMILES string of the molecule is Cc1cc2cccnc2c2[nH]c(=O)ccc12. The molecule has 0 bridgehead atoms. The average molecular weight is 210 g/mol. The van der Waals surface area contributed by atoms with Crippen molar-refractivity contribution in [1.82, 2.24) is 9.97 Å². The third-order valence-corrected chi connectivity index (χ3v) is 2.79. The lowest BCUT2D eigenvalue weighted by Crippen LogP contribution is -2.03. The quantitative estimate of drug-likeness (QED) is 0.579. The maximum atomic E-state index is 11.4. The summed E-state index contributed by atoms with van der Waals surface area (Å²) in [6.45, 7) is 2.03. The summed E-state index contributed by atoms with van der Waals surface area (Å²) in [6.07, 6.45) is 1.74. The topological polar surface area (TPSA) is 45.8 Å². The molecule has 0 aliphatic carbocycles. The lowest BCUT2D eigenvalue weighted by molar-refractivity contribution is 1.29. The average Bonchev–Trinajstić information content (AvgIpc) is 2.29. The first-order valence-corrected chi connectivity index (χ1v) is 5.13. The molecule has 1 aromatic carbocycles. The maximum absolute atomic E-state index is 11.4. The van der Waals surface area contributed by atoms with Gasteiger partial charge in [0.15, 0.2) is 0 Å². The molecule has 3 aromatic rings. The van der Waals surface area contributed by atoms with Crippen LogP contribution in [0.3, 0.4) is 0 Å². The molecule has 78 valence electrons. The molecular formula is C13H10N2O. The van der Waals surface area contributed by atoms with Gasteiger partial charge in [-0.2, -0.15) is 0 Å². The highest BCUT2D eigenvalue weighted by atomic mass is 16.1. The summed E-state index contributed by atoms with van der Waals surface area (Å²) < 4.78 is 0. The number of aromatic amines is 1. The summed E-state index contributed by atoms with van der Waals surface area (Å²) in [5, 5.41) is 2.10. The first-order chi connectivity index (χ1) is 7.75. The van der Waals surface area contributed by atoms with E-state index in [0.29, 0.717) is 0 Å². The van der Waals surface area contributed by atoms with Gasteiger partial charge >= 0.3 is 0 Å². The van der Waals surface area contributed by atoms with Crippen LogP contribution in [0.2, 0.25) is 0 Å². The number of aryl methyl sites for hydroxylation is 1. The van der Waals surface area contributed by atoms with Gasteiger partial charge in [-0.3, -0.25) is 9.78 Å². The lowest BCUT2D eigenvalue weighted by Gasteiger charge is -2.05. The van der Waals surface area contributed by atoms with E-state index in [1.165, 1.54) is 0 Å². The second kappa shape index (κ2) is 3.17. The van der Waals surface area contributed by atoms with Crippen molar-refractivity contribution in [2.75, 3.05) is 0 Å². The van der Waals surface area contributed by atoms with E-state index in [1.807, 2.05) is 25.1 Å². The molecule has 3 heteroatoms. The number of nitrogens with zero attached hydrogens (tertiary/aromatic N) is 1. The van der Waals surface area contributed by atoms with Crippen LogP contribution < -0.4 is 5.56 Å². The van der Waals surface area contributed by atoms with Crippen molar-refractivity contribution in [3.05, 3.63) is 52.4 Å². The number of nitrogens with one attached hydrogen (secondary N) is 1. The van der Waals surface area contributed by atoms with Crippen molar-refractivity contribution in [3.63, 3.8) is 0 Å². The zero-order valence-corrected chi connectivity index (χ0v) is 8.82. The molecule has 0 aliphatic rings.